The van der Waals surface area contributed by atoms with E-state index in [1.54, 1.807) is 38.6 Å². The molecule has 7 nitrogen and oxygen atoms in total. The number of carbonyl (C=O) groups is 4. The molecule has 3 unspecified atom stereocenters. The van der Waals surface area contributed by atoms with Crippen molar-refractivity contribution in [1.82, 2.24) is 0 Å². The molecule has 0 N–H and O–H groups in total. The average molecular weight is 431 g/mol. The van der Waals surface area contributed by atoms with Gasteiger partial charge in [-0.3, -0.25) is 14.4 Å². The third-order valence-electron chi connectivity index (χ3n) is 4.36. The van der Waals surface area contributed by atoms with Gasteiger partial charge < -0.3 is 14.2 Å². The minimum Gasteiger partial charge on any atom is -0.465 e. The highest BCUT2D eigenvalue weighted by molar-refractivity contribution is 7.98. The predicted octanol–water partition coefficient (Wildman–Crippen LogP) is 3.49. The van der Waals surface area contributed by atoms with E-state index < -0.39 is 23.6 Å². The van der Waals surface area contributed by atoms with Gasteiger partial charge in [-0.25, -0.2) is 4.79 Å². The summed E-state index contributed by atoms with van der Waals surface area (Å²) in [5.41, 5.74) is -1.17. The third-order valence-corrected chi connectivity index (χ3v) is 5.10. The summed E-state index contributed by atoms with van der Waals surface area (Å²) in [6.45, 7) is 8.56. The van der Waals surface area contributed by atoms with Gasteiger partial charge in [0.1, 0.15) is 6.10 Å². The van der Waals surface area contributed by atoms with Gasteiger partial charge in [-0.05, 0) is 39.9 Å². The summed E-state index contributed by atoms with van der Waals surface area (Å²) < 4.78 is 15.7. The molecule has 0 rings (SSSR count). The molecule has 0 aromatic rings. The summed E-state index contributed by atoms with van der Waals surface area (Å²) in [6.07, 6.45) is 4.69. The first-order chi connectivity index (χ1) is 13.7. The van der Waals surface area contributed by atoms with Gasteiger partial charge in [0.15, 0.2) is 11.9 Å². The normalized spacial score (nSPS) is 15.6. The van der Waals surface area contributed by atoms with E-state index in [1.165, 1.54) is 6.92 Å². The van der Waals surface area contributed by atoms with Crippen molar-refractivity contribution in [3.63, 3.8) is 0 Å². The van der Waals surface area contributed by atoms with Crippen molar-refractivity contribution in [2.24, 2.45) is 5.92 Å². The van der Waals surface area contributed by atoms with Crippen LogP contribution in [0.4, 0.5) is 0 Å². The van der Waals surface area contributed by atoms with Crippen LogP contribution in [0.25, 0.3) is 0 Å². The minimum atomic E-state index is -1.60. The summed E-state index contributed by atoms with van der Waals surface area (Å²) in [5, 5.41) is 0. The van der Waals surface area contributed by atoms with Crippen LogP contribution in [0.5, 0.6) is 0 Å². The monoisotopic (exact) mass is 430 g/mol. The lowest BCUT2D eigenvalue weighted by Gasteiger charge is -2.23. The molecule has 0 radical (unpaired) electrons. The lowest BCUT2D eigenvalue weighted by Crippen LogP contribution is -2.37. The SMILES string of the molecule is C/C=C(\CC)C(=O)OC(C)(C=O)CC(=O)OCCC(C)OC(=O)C(CC)CSC. The molecule has 0 saturated carbocycles. The Hall–Kier alpha value is -1.83. The predicted molar refractivity (Wildman–Crippen MR) is 113 cm³/mol. The molecule has 0 saturated heterocycles. The van der Waals surface area contributed by atoms with E-state index in [0.29, 0.717) is 36.9 Å². The van der Waals surface area contributed by atoms with E-state index in [1.807, 2.05) is 13.2 Å². The second-order valence-electron chi connectivity index (χ2n) is 6.98. The summed E-state index contributed by atoms with van der Waals surface area (Å²) >= 11 is 1.59. The van der Waals surface area contributed by atoms with Crippen LogP contribution in [0.1, 0.15) is 60.3 Å². The first-order valence-electron chi connectivity index (χ1n) is 9.86. The number of ether oxygens (including phenoxy) is 3. The first-order valence-corrected chi connectivity index (χ1v) is 11.3. The molecule has 29 heavy (non-hydrogen) atoms. The van der Waals surface area contributed by atoms with Gasteiger partial charge in [-0.1, -0.05) is 19.9 Å². The number of allylic oxidation sites excluding steroid dienone is 1. The number of hydrogen-bond donors (Lipinski definition) is 0. The van der Waals surface area contributed by atoms with Crippen molar-refractivity contribution < 1.29 is 33.4 Å². The van der Waals surface area contributed by atoms with Gasteiger partial charge >= 0.3 is 17.9 Å². The van der Waals surface area contributed by atoms with Gasteiger partial charge in [0, 0.05) is 17.7 Å². The first kappa shape index (κ1) is 27.2. The Bertz CT molecular complexity index is 588. The Balaban J connectivity index is 4.50. The van der Waals surface area contributed by atoms with Crippen molar-refractivity contribution in [1.29, 1.82) is 0 Å². The molecule has 0 aromatic carbocycles. The maximum Gasteiger partial charge on any atom is 0.334 e. The van der Waals surface area contributed by atoms with Crippen molar-refractivity contribution >= 4 is 36.0 Å². The summed E-state index contributed by atoms with van der Waals surface area (Å²) in [4.78, 5) is 47.5. The van der Waals surface area contributed by atoms with Crippen LogP contribution >= 0.6 is 11.8 Å². The minimum absolute atomic E-state index is 0.0323. The molecule has 0 aliphatic rings. The van der Waals surface area contributed by atoms with Gasteiger partial charge in [0.25, 0.3) is 0 Å². The van der Waals surface area contributed by atoms with Gasteiger partial charge in [0.05, 0.1) is 18.9 Å². The van der Waals surface area contributed by atoms with E-state index in [9.17, 15) is 19.2 Å². The maximum atomic E-state index is 12.1. The Labute approximate surface area is 177 Å². The Morgan fingerprint density at radius 2 is 1.86 bits per heavy atom. The fourth-order valence-electron chi connectivity index (χ4n) is 2.43. The Kier molecular flexibility index (Phi) is 13.3. The van der Waals surface area contributed by atoms with Crippen LogP contribution in [0.2, 0.25) is 0 Å². The number of rotatable bonds is 14. The van der Waals surface area contributed by atoms with Gasteiger partial charge in [-0.2, -0.15) is 11.8 Å². The van der Waals surface area contributed by atoms with Crippen LogP contribution in [0.15, 0.2) is 11.6 Å². The molecule has 0 aliphatic carbocycles. The lowest BCUT2D eigenvalue weighted by molar-refractivity contribution is -0.164. The molecule has 8 heteroatoms. The number of esters is 3. The van der Waals surface area contributed by atoms with E-state index >= 15 is 0 Å². The van der Waals surface area contributed by atoms with E-state index in [-0.39, 0.29) is 24.9 Å². The molecule has 0 spiro atoms. The number of hydrogen-bond acceptors (Lipinski definition) is 8. The van der Waals surface area contributed by atoms with Crippen molar-refractivity contribution in [3.8, 4) is 0 Å². The third kappa shape index (κ3) is 10.5. The summed E-state index contributed by atoms with van der Waals surface area (Å²) in [5.74, 6) is -1.00. The van der Waals surface area contributed by atoms with Crippen LogP contribution in [0.3, 0.4) is 0 Å². The summed E-state index contributed by atoms with van der Waals surface area (Å²) in [6, 6.07) is 0. The van der Waals surface area contributed by atoms with Crippen molar-refractivity contribution in [3.05, 3.63) is 11.6 Å². The second kappa shape index (κ2) is 14.2. The Morgan fingerprint density at radius 1 is 1.21 bits per heavy atom. The zero-order valence-corrected chi connectivity index (χ0v) is 19.1. The molecular formula is C21H34O7S. The highest BCUT2D eigenvalue weighted by Gasteiger charge is 2.33. The zero-order valence-electron chi connectivity index (χ0n) is 18.3. The quantitative estimate of drug-likeness (QED) is 0.179. The van der Waals surface area contributed by atoms with Crippen LogP contribution in [-0.4, -0.2) is 54.5 Å². The number of aldehydes is 1. The van der Waals surface area contributed by atoms with E-state index in [0.717, 1.165) is 0 Å². The number of thioether (sulfide) groups is 1. The van der Waals surface area contributed by atoms with Crippen molar-refractivity contribution in [2.45, 2.75) is 72.0 Å². The molecule has 166 valence electrons. The summed E-state index contributed by atoms with van der Waals surface area (Å²) in [7, 11) is 0. The largest absolute Gasteiger partial charge is 0.465 e. The fraction of sp³-hybridized carbons (Fsp3) is 0.714. The van der Waals surface area contributed by atoms with Crippen LogP contribution in [-0.2, 0) is 33.4 Å². The molecule has 3 atom stereocenters. The van der Waals surface area contributed by atoms with Crippen molar-refractivity contribution in [2.75, 3.05) is 18.6 Å². The topological polar surface area (TPSA) is 96.0 Å². The molecule has 0 amide bonds. The smallest absolute Gasteiger partial charge is 0.334 e. The lowest BCUT2D eigenvalue weighted by atomic mass is 10.0. The van der Waals surface area contributed by atoms with Gasteiger partial charge in [0.2, 0.25) is 0 Å². The fourth-order valence-corrected chi connectivity index (χ4v) is 3.20. The average Bonchev–Trinajstić information content (AvgIpc) is 2.66. The molecule has 0 aromatic heterocycles. The second-order valence-corrected chi connectivity index (χ2v) is 7.89. The standard InChI is InChI=1S/C21H34O7S/c1-7-16(8-2)20(25)28-21(5,14-22)12-18(23)26-11-10-15(4)27-19(24)17(9-3)13-29-6/h7,14-15,17H,8-13H2,1-6H3/b16-7+. The van der Waals surface area contributed by atoms with Gasteiger partial charge in [-0.15, -0.1) is 0 Å². The zero-order chi connectivity index (χ0) is 22.4. The maximum absolute atomic E-state index is 12.1. The molecule has 0 bridgehead atoms. The van der Waals surface area contributed by atoms with E-state index in [2.05, 4.69) is 0 Å². The number of carbonyl (C=O) groups excluding carboxylic acids is 4. The Morgan fingerprint density at radius 3 is 2.34 bits per heavy atom. The molecular weight excluding hydrogens is 396 g/mol. The molecule has 0 fully saturated rings. The highest BCUT2D eigenvalue weighted by Crippen LogP contribution is 2.18. The van der Waals surface area contributed by atoms with E-state index in [4.69, 9.17) is 14.2 Å². The molecule has 0 aliphatic heterocycles. The molecule has 0 heterocycles. The van der Waals surface area contributed by atoms with Crippen LogP contribution in [0, 0.1) is 5.92 Å². The highest BCUT2D eigenvalue weighted by atomic mass is 32.2. The van der Waals surface area contributed by atoms with Crippen LogP contribution < -0.4 is 0 Å².